The van der Waals surface area contributed by atoms with Crippen LogP contribution in [-0.4, -0.2) is 11.7 Å². The number of para-hydroxylation sites is 1. The Balaban J connectivity index is 1.70. The molecule has 120 valence electrons. The first-order valence-electron chi connectivity index (χ1n) is 8.03. The molecule has 0 saturated heterocycles. The summed E-state index contributed by atoms with van der Waals surface area (Å²) in [4.78, 5) is 0. The van der Waals surface area contributed by atoms with Gasteiger partial charge in [0.25, 0.3) is 0 Å². The van der Waals surface area contributed by atoms with Gasteiger partial charge in [-0.05, 0) is 35.5 Å². The highest BCUT2D eigenvalue weighted by Gasteiger charge is 2.14. The van der Waals surface area contributed by atoms with E-state index in [0.717, 1.165) is 12.2 Å². The van der Waals surface area contributed by atoms with Gasteiger partial charge in [0.2, 0.25) is 0 Å². The Morgan fingerprint density at radius 2 is 1.17 bits per heavy atom. The van der Waals surface area contributed by atoms with Gasteiger partial charge >= 0.3 is 0 Å². The SMILES string of the molecule is S=C(NCC(c1ccccc1)c1ccccc1)Nc1ccccc1. The van der Waals surface area contributed by atoms with Gasteiger partial charge in [0, 0.05) is 18.2 Å². The molecule has 0 heterocycles. The second kappa shape index (κ2) is 8.27. The minimum absolute atomic E-state index is 0.253. The van der Waals surface area contributed by atoms with Crippen LogP contribution in [0.2, 0.25) is 0 Å². The lowest BCUT2D eigenvalue weighted by Crippen LogP contribution is -2.32. The second-order valence-corrected chi connectivity index (χ2v) is 5.98. The van der Waals surface area contributed by atoms with Crippen molar-refractivity contribution in [3.63, 3.8) is 0 Å². The molecule has 0 aliphatic rings. The molecule has 0 aliphatic carbocycles. The van der Waals surface area contributed by atoms with Gasteiger partial charge in [-0.15, -0.1) is 0 Å². The maximum atomic E-state index is 5.43. The van der Waals surface area contributed by atoms with Crippen molar-refractivity contribution in [3.05, 3.63) is 102 Å². The predicted molar refractivity (Wildman–Crippen MR) is 105 cm³/mol. The van der Waals surface area contributed by atoms with Crippen LogP contribution in [0.4, 0.5) is 5.69 Å². The molecule has 2 N–H and O–H groups in total. The Morgan fingerprint density at radius 3 is 1.67 bits per heavy atom. The van der Waals surface area contributed by atoms with E-state index in [9.17, 15) is 0 Å². The van der Waals surface area contributed by atoms with E-state index in [2.05, 4.69) is 59.2 Å². The highest BCUT2D eigenvalue weighted by molar-refractivity contribution is 7.80. The third-order valence-corrected chi connectivity index (χ3v) is 4.15. The predicted octanol–water partition coefficient (Wildman–Crippen LogP) is 4.81. The lowest BCUT2D eigenvalue weighted by molar-refractivity contribution is 0.761. The molecule has 0 aliphatic heterocycles. The van der Waals surface area contributed by atoms with Gasteiger partial charge in [0.05, 0.1) is 0 Å². The largest absolute Gasteiger partial charge is 0.361 e. The minimum Gasteiger partial charge on any atom is -0.361 e. The fourth-order valence-corrected chi connectivity index (χ4v) is 2.89. The third-order valence-electron chi connectivity index (χ3n) is 3.90. The van der Waals surface area contributed by atoms with Crippen molar-refractivity contribution in [3.8, 4) is 0 Å². The van der Waals surface area contributed by atoms with Gasteiger partial charge in [-0.25, -0.2) is 0 Å². The molecule has 0 aromatic heterocycles. The molecule has 3 aromatic carbocycles. The number of hydrogen-bond donors (Lipinski definition) is 2. The average molecular weight is 332 g/mol. The van der Waals surface area contributed by atoms with Crippen LogP contribution in [0.1, 0.15) is 17.0 Å². The first-order chi connectivity index (χ1) is 11.8. The van der Waals surface area contributed by atoms with Gasteiger partial charge in [-0.3, -0.25) is 0 Å². The van der Waals surface area contributed by atoms with E-state index in [1.807, 2.05) is 42.5 Å². The van der Waals surface area contributed by atoms with Crippen LogP contribution >= 0.6 is 12.2 Å². The summed E-state index contributed by atoms with van der Waals surface area (Å²) in [6.07, 6.45) is 0. The molecule has 3 rings (SSSR count). The number of nitrogens with one attached hydrogen (secondary N) is 2. The Bertz CT molecular complexity index is 718. The highest BCUT2D eigenvalue weighted by Crippen LogP contribution is 2.23. The van der Waals surface area contributed by atoms with E-state index in [1.165, 1.54) is 11.1 Å². The Labute approximate surface area is 148 Å². The average Bonchev–Trinajstić information content (AvgIpc) is 2.64. The summed E-state index contributed by atoms with van der Waals surface area (Å²) in [5.74, 6) is 0.253. The van der Waals surface area contributed by atoms with Crippen LogP contribution in [0.3, 0.4) is 0 Å². The van der Waals surface area contributed by atoms with E-state index < -0.39 is 0 Å². The highest BCUT2D eigenvalue weighted by atomic mass is 32.1. The van der Waals surface area contributed by atoms with Crippen molar-refractivity contribution in [1.82, 2.24) is 5.32 Å². The smallest absolute Gasteiger partial charge is 0.170 e. The maximum absolute atomic E-state index is 5.43. The van der Waals surface area contributed by atoms with Crippen molar-refractivity contribution >= 4 is 23.0 Å². The lowest BCUT2D eigenvalue weighted by atomic mass is 9.91. The molecule has 3 heteroatoms. The zero-order valence-corrected chi connectivity index (χ0v) is 14.2. The molecule has 24 heavy (non-hydrogen) atoms. The number of hydrogen-bond acceptors (Lipinski definition) is 1. The molecular weight excluding hydrogens is 312 g/mol. The molecular formula is C21H20N2S. The zero-order valence-electron chi connectivity index (χ0n) is 13.4. The Kier molecular flexibility index (Phi) is 5.59. The van der Waals surface area contributed by atoms with Crippen LogP contribution in [-0.2, 0) is 0 Å². The van der Waals surface area contributed by atoms with E-state index >= 15 is 0 Å². The topological polar surface area (TPSA) is 24.1 Å². The van der Waals surface area contributed by atoms with Crippen LogP contribution < -0.4 is 10.6 Å². The van der Waals surface area contributed by atoms with Crippen LogP contribution in [0.25, 0.3) is 0 Å². The molecule has 0 fully saturated rings. The molecule has 0 unspecified atom stereocenters. The quantitative estimate of drug-likeness (QED) is 0.656. The van der Waals surface area contributed by atoms with Crippen LogP contribution in [0.5, 0.6) is 0 Å². The first-order valence-corrected chi connectivity index (χ1v) is 8.43. The summed E-state index contributed by atoms with van der Waals surface area (Å²) >= 11 is 5.43. The number of benzene rings is 3. The Hall–Kier alpha value is -2.65. The van der Waals surface area contributed by atoms with Crippen molar-refractivity contribution in [2.45, 2.75) is 5.92 Å². The summed E-state index contributed by atoms with van der Waals surface area (Å²) in [7, 11) is 0. The van der Waals surface area contributed by atoms with Gasteiger partial charge in [0.15, 0.2) is 5.11 Å². The number of rotatable bonds is 5. The fraction of sp³-hybridized carbons (Fsp3) is 0.0952. The molecule has 2 nitrogen and oxygen atoms in total. The summed E-state index contributed by atoms with van der Waals surface area (Å²) in [5.41, 5.74) is 3.54. The van der Waals surface area contributed by atoms with E-state index in [0.29, 0.717) is 5.11 Å². The van der Waals surface area contributed by atoms with Crippen LogP contribution in [0, 0.1) is 0 Å². The zero-order chi connectivity index (χ0) is 16.6. The monoisotopic (exact) mass is 332 g/mol. The summed E-state index contributed by atoms with van der Waals surface area (Å²) < 4.78 is 0. The Morgan fingerprint density at radius 1 is 0.708 bits per heavy atom. The van der Waals surface area contributed by atoms with Gasteiger partial charge < -0.3 is 10.6 Å². The summed E-state index contributed by atoms with van der Waals surface area (Å²) in [5, 5.41) is 7.21. The third kappa shape index (κ3) is 4.43. The van der Waals surface area contributed by atoms with Gasteiger partial charge in [0.1, 0.15) is 0 Å². The van der Waals surface area contributed by atoms with Gasteiger partial charge in [-0.2, -0.15) is 0 Å². The van der Waals surface area contributed by atoms with E-state index in [1.54, 1.807) is 0 Å². The molecule has 3 aromatic rings. The van der Waals surface area contributed by atoms with Crippen LogP contribution in [0.15, 0.2) is 91.0 Å². The molecule has 0 spiro atoms. The molecule has 0 atom stereocenters. The number of thiocarbonyl (C=S) groups is 1. The molecule has 0 amide bonds. The summed E-state index contributed by atoms with van der Waals surface area (Å²) in [6.45, 7) is 0.743. The molecule has 0 saturated carbocycles. The van der Waals surface area contributed by atoms with Crippen molar-refractivity contribution in [2.75, 3.05) is 11.9 Å². The van der Waals surface area contributed by atoms with E-state index in [-0.39, 0.29) is 5.92 Å². The molecule has 0 radical (unpaired) electrons. The normalized spacial score (nSPS) is 10.4. The van der Waals surface area contributed by atoms with Crippen molar-refractivity contribution in [1.29, 1.82) is 0 Å². The lowest BCUT2D eigenvalue weighted by Gasteiger charge is -2.20. The summed E-state index contributed by atoms with van der Waals surface area (Å²) in [6, 6.07) is 31.0. The number of anilines is 1. The van der Waals surface area contributed by atoms with Gasteiger partial charge in [-0.1, -0.05) is 78.9 Å². The molecule has 0 bridgehead atoms. The first kappa shape index (κ1) is 16.2. The fourth-order valence-electron chi connectivity index (χ4n) is 2.69. The van der Waals surface area contributed by atoms with Crippen molar-refractivity contribution in [2.24, 2.45) is 0 Å². The van der Waals surface area contributed by atoms with E-state index in [4.69, 9.17) is 12.2 Å². The minimum atomic E-state index is 0.253. The van der Waals surface area contributed by atoms with Crippen molar-refractivity contribution < 1.29 is 0 Å². The second-order valence-electron chi connectivity index (χ2n) is 5.58. The standard InChI is InChI=1S/C21H20N2S/c24-21(23-19-14-8-3-9-15-19)22-16-20(17-10-4-1-5-11-17)18-12-6-2-7-13-18/h1-15,20H,16H2,(H2,22,23,24). The maximum Gasteiger partial charge on any atom is 0.170 e.